The summed E-state index contributed by atoms with van der Waals surface area (Å²) in [4.78, 5) is 31.7. The maximum Gasteiger partial charge on any atom is 0.311 e. The molecule has 0 spiro atoms. The van der Waals surface area contributed by atoms with Crippen LogP contribution >= 0.6 is 11.3 Å². The van der Waals surface area contributed by atoms with Gasteiger partial charge in [-0.3, -0.25) is 9.59 Å². The van der Waals surface area contributed by atoms with E-state index < -0.39 is 0 Å². The van der Waals surface area contributed by atoms with Crippen molar-refractivity contribution < 1.29 is 14.3 Å². The van der Waals surface area contributed by atoms with Crippen molar-refractivity contribution in [3.63, 3.8) is 0 Å². The SMILES string of the molecule is Cc1ncc(COC(=O)[C@@H]2CCCN(C(=O)c3ccccc3)C2)s1. The van der Waals surface area contributed by atoms with Crippen LogP contribution in [-0.4, -0.2) is 34.8 Å². The van der Waals surface area contributed by atoms with Gasteiger partial charge in [0.15, 0.2) is 0 Å². The van der Waals surface area contributed by atoms with Crippen LogP contribution in [0.2, 0.25) is 0 Å². The van der Waals surface area contributed by atoms with E-state index in [4.69, 9.17) is 4.74 Å². The number of piperidine rings is 1. The third kappa shape index (κ3) is 4.00. The van der Waals surface area contributed by atoms with Gasteiger partial charge in [0.05, 0.1) is 15.8 Å². The fraction of sp³-hybridized carbons (Fsp3) is 0.389. The number of nitrogens with zero attached hydrogens (tertiary/aromatic N) is 2. The van der Waals surface area contributed by atoms with Crippen molar-refractivity contribution in [2.75, 3.05) is 13.1 Å². The van der Waals surface area contributed by atoms with Crippen molar-refractivity contribution in [3.8, 4) is 0 Å². The Hall–Kier alpha value is -2.21. The quantitative estimate of drug-likeness (QED) is 0.800. The standard InChI is InChI=1S/C18H20N2O3S/c1-13-19-10-16(24-13)12-23-18(22)15-8-5-9-20(11-15)17(21)14-6-3-2-4-7-14/h2-4,6-7,10,15H,5,8-9,11-12H2,1H3/t15-/m1/s1. The Morgan fingerprint density at radius 1 is 1.33 bits per heavy atom. The fourth-order valence-electron chi connectivity index (χ4n) is 2.85. The zero-order chi connectivity index (χ0) is 16.9. The van der Waals surface area contributed by atoms with Crippen molar-refractivity contribution in [1.82, 2.24) is 9.88 Å². The van der Waals surface area contributed by atoms with E-state index in [-0.39, 0.29) is 24.4 Å². The Kier molecular flexibility index (Phi) is 5.25. The number of carbonyl (C=O) groups excluding carboxylic acids is 2. The summed E-state index contributed by atoms with van der Waals surface area (Å²) in [6.45, 7) is 3.29. The lowest BCUT2D eigenvalue weighted by molar-refractivity contribution is -0.151. The smallest absolute Gasteiger partial charge is 0.311 e. The minimum atomic E-state index is -0.250. The molecule has 24 heavy (non-hydrogen) atoms. The number of carbonyl (C=O) groups is 2. The van der Waals surface area contributed by atoms with E-state index in [9.17, 15) is 9.59 Å². The first-order chi connectivity index (χ1) is 11.6. The van der Waals surface area contributed by atoms with E-state index in [0.717, 1.165) is 22.7 Å². The molecule has 0 unspecified atom stereocenters. The van der Waals surface area contributed by atoms with Gasteiger partial charge in [0.2, 0.25) is 0 Å². The Morgan fingerprint density at radius 3 is 2.83 bits per heavy atom. The molecule has 2 aromatic rings. The van der Waals surface area contributed by atoms with Crippen LogP contribution in [0.3, 0.4) is 0 Å². The van der Waals surface area contributed by atoms with Gasteiger partial charge in [0.1, 0.15) is 6.61 Å². The lowest BCUT2D eigenvalue weighted by Gasteiger charge is -2.31. The summed E-state index contributed by atoms with van der Waals surface area (Å²) < 4.78 is 5.41. The van der Waals surface area contributed by atoms with Gasteiger partial charge in [-0.1, -0.05) is 18.2 Å². The van der Waals surface area contributed by atoms with E-state index in [2.05, 4.69) is 4.98 Å². The van der Waals surface area contributed by atoms with Crippen molar-refractivity contribution in [1.29, 1.82) is 0 Å². The number of likely N-dealkylation sites (tertiary alicyclic amines) is 1. The normalized spacial score (nSPS) is 17.5. The Morgan fingerprint density at radius 2 is 2.12 bits per heavy atom. The predicted molar refractivity (Wildman–Crippen MR) is 91.7 cm³/mol. The highest BCUT2D eigenvalue weighted by Crippen LogP contribution is 2.21. The molecule has 0 bridgehead atoms. The first-order valence-electron chi connectivity index (χ1n) is 8.06. The second kappa shape index (κ2) is 7.57. The molecule has 5 nitrogen and oxygen atoms in total. The van der Waals surface area contributed by atoms with Crippen LogP contribution in [0.25, 0.3) is 0 Å². The van der Waals surface area contributed by atoms with Gasteiger partial charge in [-0.2, -0.15) is 0 Å². The third-order valence-electron chi connectivity index (χ3n) is 4.09. The highest BCUT2D eigenvalue weighted by atomic mass is 32.1. The van der Waals surface area contributed by atoms with Crippen LogP contribution in [0.4, 0.5) is 0 Å². The third-order valence-corrected chi connectivity index (χ3v) is 4.97. The topological polar surface area (TPSA) is 59.5 Å². The molecule has 1 aliphatic heterocycles. The van der Waals surface area contributed by atoms with Gasteiger partial charge in [0.25, 0.3) is 5.91 Å². The maximum absolute atomic E-state index is 12.5. The van der Waals surface area contributed by atoms with E-state index in [1.807, 2.05) is 25.1 Å². The molecule has 1 atom stereocenters. The Labute approximate surface area is 145 Å². The van der Waals surface area contributed by atoms with Gasteiger partial charge >= 0.3 is 5.97 Å². The zero-order valence-corrected chi connectivity index (χ0v) is 14.4. The molecule has 1 aliphatic rings. The monoisotopic (exact) mass is 344 g/mol. The summed E-state index contributed by atoms with van der Waals surface area (Å²) in [5, 5.41) is 0.957. The highest BCUT2D eigenvalue weighted by Gasteiger charge is 2.30. The molecular weight excluding hydrogens is 324 g/mol. The number of benzene rings is 1. The average Bonchev–Trinajstić information content (AvgIpc) is 3.05. The predicted octanol–water partition coefficient (Wildman–Crippen LogP) is 3.05. The lowest BCUT2D eigenvalue weighted by Crippen LogP contribution is -2.42. The second-order valence-electron chi connectivity index (χ2n) is 5.91. The van der Waals surface area contributed by atoms with Crippen molar-refractivity contribution in [2.24, 2.45) is 5.92 Å². The molecule has 0 aliphatic carbocycles. The number of thiazole rings is 1. The van der Waals surface area contributed by atoms with Gasteiger partial charge in [-0.05, 0) is 31.9 Å². The summed E-state index contributed by atoms with van der Waals surface area (Å²) in [7, 11) is 0. The van der Waals surface area contributed by atoms with Crippen LogP contribution in [-0.2, 0) is 16.1 Å². The van der Waals surface area contributed by atoms with Gasteiger partial charge in [-0.15, -0.1) is 11.3 Å². The molecule has 0 N–H and O–H groups in total. The minimum Gasteiger partial charge on any atom is -0.460 e. The molecular formula is C18H20N2O3S. The lowest BCUT2D eigenvalue weighted by atomic mass is 9.97. The molecule has 2 heterocycles. The second-order valence-corrected chi connectivity index (χ2v) is 7.23. The summed E-state index contributed by atoms with van der Waals surface area (Å²) in [6.07, 6.45) is 3.32. The van der Waals surface area contributed by atoms with Crippen molar-refractivity contribution >= 4 is 23.2 Å². The van der Waals surface area contributed by atoms with E-state index >= 15 is 0 Å². The number of ether oxygens (including phenoxy) is 1. The summed E-state index contributed by atoms with van der Waals surface area (Å²) in [5.74, 6) is -0.502. The molecule has 1 amide bonds. The van der Waals surface area contributed by atoms with E-state index in [1.165, 1.54) is 11.3 Å². The van der Waals surface area contributed by atoms with Crippen molar-refractivity contribution in [2.45, 2.75) is 26.4 Å². The molecule has 1 fully saturated rings. The molecule has 1 aromatic carbocycles. The summed E-state index contributed by atoms with van der Waals surface area (Å²) in [6, 6.07) is 9.18. The molecule has 6 heteroatoms. The average molecular weight is 344 g/mol. The summed E-state index contributed by atoms with van der Waals surface area (Å²) in [5.41, 5.74) is 0.659. The number of hydrogen-bond donors (Lipinski definition) is 0. The van der Waals surface area contributed by atoms with Crippen LogP contribution in [0, 0.1) is 12.8 Å². The van der Waals surface area contributed by atoms with Crippen LogP contribution in [0.5, 0.6) is 0 Å². The Bertz CT molecular complexity index is 714. The number of hydrogen-bond acceptors (Lipinski definition) is 5. The first-order valence-corrected chi connectivity index (χ1v) is 8.87. The fourth-order valence-corrected chi connectivity index (χ4v) is 3.56. The van der Waals surface area contributed by atoms with Crippen LogP contribution in [0.1, 0.15) is 33.1 Å². The Balaban J connectivity index is 1.56. The van der Waals surface area contributed by atoms with Crippen molar-refractivity contribution in [3.05, 3.63) is 52.0 Å². The van der Waals surface area contributed by atoms with Crippen LogP contribution < -0.4 is 0 Å². The number of aryl methyl sites for hydroxylation is 1. The zero-order valence-electron chi connectivity index (χ0n) is 13.6. The van der Waals surface area contributed by atoms with Gasteiger partial charge < -0.3 is 9.64 Å². The molecule has 1 saturated heterocycles. The minimum absolute atomic E-state index is 0.0221. The molecule has 3 rings (SSSR count). The molecule has 0 saturated carbocycles. The molecule has 126 valence electrons. The first kappa shape index (κ1) is 16.6. The number of aromatic nitrogens is 1. The highest BCUT2D eigenvalue weighted by molar-refractivity contribution is 7.11. The van der Waals surface area contributed by atoms with Gasteiger partial charge in [0, 0.05) is 24.8 Å². The number of esters is 1. The largest absolute Gasteiger partial charge is 0.460 e. The summed E-state index contributed by atoms with van der Waals surface area (Å²) >= 11 is 1.53. The van der Waals surface area contributed by atoms with E-state index in [1.54, 1.807) is 23.2 Å². The van der Waals surface area contributed by atoms with Crippen LogP contribution in [0.15, 0.2) is 36.5 Å². The number of rotatable bonds is 4. The molecule has 1 aromatic heterocycles. The number of amides is 1. The van der Waals surface area contributed by atoms with Gasteiger partial charge in [-0.25, -0.2) is 4.98 Å². The van der Waals surface area contributed by atoms with E-state index in [0.29, 0.717) is 18.7 Å². The molecule has 0 radical (unpaired) electrons. The maximum atomic E-state index is 12.5.